The predicted molar refractivity (Wildman–Crippen MR) is 69.2 cm³/mol. The summed E-state index contributed by atoms with van der Waals surface area (Å²) in [5, 5.41) is 3.84. The first-order chi connectivity index (χ1) is 9.52. The molecular formula is C14H14F2N2O2. The molecule has 106 valence electrons. The lowest BCUT2D eigenvalue weighted by molar-refractivity contribution is 0.0526. The molecule has 0 N–H and O–H groups in total. The van der Waals surface area contributed by atoms with Crippen molar-refractivity contribution in [1.82, 2.24) is 9.78 Å². The van der Waals surface area contributed by atoms with E-state index in [-0.39, 0.29) is 5.69 Å². The average molecular weight is 280 g/mol. The fourth-order valence-corrected chi connectivity index (χ4v) is 1.82. The highest BCUT2D eigenvalue weighted by Gasteiger charge is 2.14. The largest absolute Gasteiger partial charge is 0.462 e. The molecule has 0 fully saturated rings. The standard InChI is InChI=1S/C14H14F2N2O2/c1-3-20-14(19)10-4-6-11(7-5-10)18-9(2)8-12(17-18)13(15)16/h4-8,13H,3H2,1-2H3. The van der Waals surface area contributed by atoms with Gasteiger partial charge in [-0.3, -0.25) is 0 Å². The maximum atomic E-state index is 12.6. The van der Waals surface area contributed by atoms with Gasteiger partial charge < -0.3 is 4.74 Å². The monoisotopic (exact) mass is 280 g/mol. The van der Waals surface area contributed by atoms with Crippen LogP contribution in [0.3, 0.4) is 0 Å². The first-order valence-corrected chi connectivity index (χ1v) is 6.15. The number of hydrogen-bond acceptors (Lipinski definition) is 3. The molecule has 0 aliphatic carbocycles. The SMILES string of the molecule is CCOC(=O)c1ccc(-n2nc(C(F)F)cc2C)cc1. The smallest absolute Gasteiger partial charge is 0.338 e. The zero-order chi connectivity index (χ0) is 14.7. The van der Waals surface area contributed by atoms with Crippen molar-refractivity contribution >= 4 is 5.97 Å². The second-order valence-corrected chi connectivity index (χ2v) is 4.19. The highest BCUT2D eigenvalue weighted by Crippen LogP contribution is 2.20. The Kier molecular flexibility index (Phi) is 4.12. The molecule has 0 aliphatic rings. The van der Waals surface area contributed by atoms with Gasteiger partial charge in [0.1, 0.15) is 5.69 Å². The van der Waals surface area contributed by atoms with Gasteiger partial charge in [0.25, 0.3) is 6.43 Å². The van der Waals surface area contributed by atoms with E-state index in [1.165, 1.54) is 10.7 Å². The molecule has 2 rings (SSSR count). The summed E-state index contributed by atoms with van der Waals surface area (Å²) < 4.78 is 31.5. The molecule has 6 heteroatoms. The third-order valence-electron chi connectivity index (χ3n) is 2.75. The number of nitrogens with zero attached hydrogens (tertiary/aromatic N) is 2. The Morgan fingerprint density at radius 3 is 2.50 bits per heavy atom. The quantitative estimate of drug-likeness (QED) is 0.807. The molecule has 0 amide bonds. The minimum atomic E-state index is -2.60. The van der Waals surface area contributed by atoms with Crippen LogP contribution in [0.2, 0.25) is 0 Å². The van der Waals surface area contributed by atoms with Crippen molar-refractivity contribution < 1.29 is 18.3 Å². The van der Waals surface area contributed by atoms with E-state index in [1.807, 2.05) is 0 Å². The number of carbonyl (C=O) groups excluding carboxylic acids is 1. The van der Waals surface area contributed by atoms with Crippen molar-refractivity contribution in [3.8, 4) is 5.69 Å². The van der Waals surface area contributed by atoms with Crippen molar-refractivity contribution in [3.63, 3.8) is 0 Å². The molecule has 1 aromatic heterocycles. The topological polar surface area (TPSA) is 44.1 Å². The number of aryl methyl sites for hydroxylation is 1. The molecule has 4 nitrogen and oxygen atoms in total. The van der Waals surface area contributed by atoms with Crippen LogP contribution in [0.4, 0.5) is 8.78 Å². The summed E-state index contributed by atoms with van der Waals surface area (Å²) in [6.45, 7) is 3.72. The molecule has 1 heterocycles. The summed E-state index contributed by atoms with van der Waals surface area (Å²) in [7, 11) is 0. The number of alkyl halides is 2. The molecule has 0 bridgehead atoms. The number of esters is 1. The van der Waals surface area contributed by atoms with Crippen LogP contribution in [0.25, 0.3) is 5.69 Å². The average Bonchev–Trinajstić information content (AvgIpc) is 2.81. The van der Waals surface area contributed by atoms with Gasteiger partial charge in [0.05, 0.1) is 17.9 Å². The van der Waals surface area contributed by atoms with Crippen LogP contribution < -0.4 is 0 Å². The van der Waals surface area contributed by atoms with E-state index in [9.17, 15) is 13.6 Å². The molecule has 0 spiro atoms. The van der Waals surface area contributed by atoms with Gasteiger partial charge in [-0.15, -0.1) is 0 Å². The third kappa shape index (κ3) is 2.84. The van der Waals surface area contributed by atoms with E-state index in [2.05, 4.69) is 5.10 Å². The molecule has 0 aliphatic heterocycles. The number of carbonyl (C=O) groups is 1. The Hall–Kier alpha value is -2.24. The lowest BCUT2D eigenvalue weighted by atomic mass is 10.2. The predicted octanol–water partition coefficient (Wildman–Crippen LogP) is 3.30. The van der Waals surface area contributed by atoms with E-state index in [0.717, 1.165) is 0 Å². The van der Waals surface area contributed by atoms with Crippen molar-refractivity contribution in [2.75, 3.05) is 6.61 Å². The zero-order valence-corrected chi connectivity index (χ0v) is 11.1. The van der Waals surface area contributed by atoms with E-state index in [4.69, 9.17) is 4.74 Å². The van der Waals surface area contributed by atoms with Gasteiger partial charge in [-0.2, -0.15) is 5.10 Å². The number of benzene rings is 1. The van der Waals surface area contributed by atoms with E-state index in [0.29, 0.717) is 23.6 Å². The second-order valence-electron chi connectivity index (χ2n) is 4.19. The molecular weight excluding hydrogens is 266 g/mol. The number of ether oxygens (including phenoxy) is 1. The van der Waals surface area contributed by atoms with Gasteiger partial charge in [-0.1, -0.05) is 0 Å². The summed E-state index contributed by atoms with van der Waals surface area (Å²) in [5.74, 6) is -0.412. The fourth-order valence-electron chi connectivity index (χ4n) is 1.82. The summed E-state index contributed by atoms with van der Waals surface area (Å²) in [4.78, 5) is 11.5. The number of halogens is 2. The minimum absolute atomic E-state index is 0.267. The fraction of sp³-hybridized carbons (Fsp3) is 0.286. The Bertz CT molecular complexity index is 606. The Morgan fingerprint density at radius 1 is 1.35 bits per heavy atom. The molecule has 0 unspecified atom stereocenters. The summed E-state index contributed by atoms with van der Waals surface area (Å²) in [6.07, 6.45) is -2.60. The van der Waals surface area contributed by atoms with Gasteiger partial charge >= 0.3 is 5.97 Å². The van der Waals surface area contributed by atoms with Crippen LogP contribution in [0, 0.1) is 6.92 Å². The van der Waals surface area contributed by atoms with Crippen molar-refractivity contribution in [2.45, 2.75) is 20.3 Å². The van der Waals surface area contributed by atoms with Gasteiger partial charge in [0, 0.05) is 5.69 Å². The van der Waals surface area contributed by atoms with Crippen LogP contribution in [0.1, 0.15) is 35.1 Å². The van der Waals surface area contributed by atoms with Crippen molar-refractivity contribution in [3.05, 3.63) is 47.3 Å². The molecule has 0 atom stereocenters. The van der Waals surface area contributed by atoms with Gasteiger partial charge in [-0.05, 0) is 44.2 Å². The molecule has 0 radical (unpaired) electrons. The number of hydrogen-bond donors (Lipinski definition) is 0. The highest BCUT2D eigenvalue weighted by molar-refractivity contribution is 5.89. The van der Waals surface area contributed by atoms with E-state index < -0.39 is 12.4 Å². The Labute approximate surface area is 115 Å². The van der Waals surface area contributed by atoms with Crippen LogP contribution in [-0.4, -0.2) is 22.4 Å². The van der Waals surface area contributed by atoms with Crippen LogP contribution >= 0.6 is 0 Å². The first-order valence-electron chi connectivity index (χ1n) is 6.15. The first kappa shape index (κ1) is 14.2. The molecule has 0 saturated carbocycles. The Balaban J connectivity index is 2.28. The van der Waals surface area contributed by atoms with Crippen molar-refractivity contribution in [1.29, 1.82) is 0 Å². The summed E-state index contributed by atoms with van der Waals surface area (Å²) >= 11 is 0. The zero-order valence-electron chi connectivity index (χ0n) is 11.1. The highest BCUT2D eigenvalue weighted by atomic mass is 19.3. The lowest BCUT2D eigenvalue weighted by Gasteiger charge is -2.06. The van der Waals surface area contributed by atoms with Gasteiger partial charge in [0.15, 0.2) is 0 Å². The molecule has 20 heavy (non-hydrogen) atoms. The van der Waals surface area contributed by atoms with Crippen LogP contribution in [-0.2, 0) is 4.74 Å². The summed E-state index contributed by atoms with van der Waals surface area (Å²) in [6, 6.07) is 7.78. The maximum absolute atomic E-state index is 12.6. The van der Waals surface area contributed by atoms with E-state index >= 15 is 0 Å². The molecule has 2 aromatic rings. The number of rotatable bonds is 4. The summed E-state index contributed by atoms with van der Waals surface area (Å²) in [5.41, 5.74) is 1.36. The van der Waals surface area contributed by atoms with Crippen LogP contribution in [0.15, 0.2) is 30.3 Å². The Morgan fingerprint density at radius 2 is 2.00 bits per heavy atom. The van der Waals surface area contributed by atoms with Gasteiger partial charge in [-0.25, -0.2) is 18.3 Å². The second kappa shape index (κ2) is 5.81. The number of aromatic nitrogens is 2. The third-order valence-corrected chi connectivity index (χ3v) is 2.75. The van der Waals surface area contributed by atoms with E-state index in [1.54, 1.807) is 38.1 Å². The van der Waals surface area contributed by atoms with Crippen molar-refractivity contribution in [2.24, 2.45) is 0 Å². The van der Waals surface area contributed by atoms with Crippen LogP contribution in [0.5, 0.6) is 0 Å². The molecule has 1 aromatic carbocycles. The van der Waals surface area contributed by atoms with Gasteiger partial charge in [0.2, 0.25) is 0 Å². The normalized spacial score (nSPS) is 10.8. The minimum Gasteiger partial charge on any atom is -0.462 e. The lowest BCUT2D eigenvalue weighted by Crippen LogP contribution is -2.05. The maximum Gasteiger partial charge on any atom is 0.338 e. The molecule has 0 saturated heterocycles.